The van der Waals surface area contributed by atoms with Crippen molar-refractivity contribution < 1.29 is 43.6 Å². The number of rotatable bonds is 5. The summed E-state index contributed by atoms with van der Waals surface area (Å²) in [6.07, 6.45) is 6.03. The third-order valence-corrected chi connectivity index (χ3v) is 14.4. The quantitative estimate of drug-likeness (QED) is 0.217. The second-order valence-corrected chi connectivity index (χ2v) is 16.5. The molecule has 0 heterocycles. The Morgan fingerprint density at radius 1 is 0.867 bits per heavy atom. The summed E-state index contributed by atoms with van der Waals surface area (Å²) in [7, 11) is 0. The molecule has 4 fully saturated rings. The summed E-state index contributed by atoms with van der Waals surface area (Å²) in [6.45, 7) is 16.9. The molecule has 45 heavy (non-hydrogen) atoms. The van der Waals surface area contributed by atoms with E-state index in [1.54, 1.807) is 0 Å². The van der Waals surface area contributed by atoms with Gasteiger partial charge in [0.25, 0.3) is 0 Å². The van der Waals surface area contributed by atoms with E-state index in [1.807, 2.05) is 20.8 Å². The first-order valence-electron chi connectivity index (χ1n) is 16.8. The van der Waals surface area contributed by atoms with Crippen molar-refractivity contribution in [2.45, 2.75) is 131 Å². The molecule has 0 aliphatic heterocycles. The van der Waals surface area contributed by atoms with Gasteiger partial charge in [0.2, 0.25) is 0 Å². The molecule has 4 saturated carbocycles. The smallest absolute Gasteiger partial charge is 0.310 e. The second kappa shape index (κ2) is 10.8. The fraction of sp³-hybridized carbons (Fsp3) is 0.833. The van der Waals surface area contributed by atoms with E-state index in [-0.39, 0.29) is 35.2 Å². The molecule has 0 bridgehead atoms. The van der Waals surface area contributed by atoms with Gasteiger partial charge in [-0.2, -0.15) is 0 Å². The molecule has 0 aromatic carbocycles. The first kappa shape index (κ1) is 33.9. The highest BCUT2D eigenvalue weighted by Crippen LogP contribution is 2.76. The number of carboxylic acid groups (broad SMARTS) is 1. The van der Waals surface area contributed by atoms with Crippen molar-refractivity contribution >= 4 is 23.9 Å². The van der Waals surface area contributed by atoms with Crippen LogP contribution >= 0.6 is 0 Å². The van der Waals surface area contributed by atoms with Gasteiger partial charge in [-0.3, -0.25) is 19.2 Å². The van der Waals surface area contributed by atoms with Gasteiger partial charge in [-0.05, 0) is 92.3 Å². The first-order chi connectivity index (χ1) is 20.7. The van der Waals surface area contributed by atoms with Crippen LogP contribution in [0.5, 0.6) is 0 Å². The highest BCUT2D eigenvalue weighted by molar-refractivity contribution is 5.77. The Morgan fingerprint density at radius 3 is 2.09 bits per heavy atom. The maximum absolute atomic E-state index is 13.0. The molecule has 5 aliphatic rings. The monoisotopic (exact) mass is 630 g/mol. The van der Waals surface area contributed by atoms with Crippen LogP contribution < -0.4 is 0 Å². The molecule has 0 spiro atoms. The second-order valence-electron chi connectivity index (χ2n) is 16.5. The van der Waals surface area contributed by atoms with Crippen molar-refractivity contribution in [1.82, 2.24) is 0 Å². The molecule has 9 nitrogen and oxygen atoms in total. The number of aliphatic hydroxyl groups is 1. The molecular weight excluding hydrogens is 576 g/mol. The minimum absolute atomic E-state index is 0.0170. The summed E-state index contributed by atoms with van der Waals surface area (Å²) in [5.41, 5.74) is -2.86. The van der Waals surface area contributed by atoms with E-state index in [0.29, 0.717) is 38.5 Å². The minimum atomic E-state index is -1.15. The molecule has 12 atom stereocenters. The average Bonchev–Trinajstić information content (AvgIpc) is 2.91. The molecule has 5 rings (SSSR count). The molecule has 9 heteroatoms. The zero-order valence-corrected chi connectivity index (χ0v) is 28.7. The Hall–Kier alpha value is -2.42. The van der Waals surface area contributed by atoms with E-state index in [2.05, 4.69) is 26.8 Å². The van der Waals surface area contributed by atoms with E-state index >= 15 is 0 Å². The fourth-order valence-electron chi connectivity index (χ4n) is 11.9. The Balaban J connectivity index is 1.65. The summed E-state index contributed by atoms with van der Waals surface area (Å²) >= 11 is 0. The Morgan fingerprint density at radius 2 is 1.51 bits per heavy atom. The van der Waals surface area contributed by atoms with Gasteiger partial charge in [-0.25, -0.2) is 0 Å². The summed E-state index contributed by atoms with van der Waals surface area (Å²) in [6, 6.07) is 0. The summed E-state index contributed by atoms with van der Waals surface area (Å²) < 4.78 is 17.6. The maximum Gasteiger partial charge on any atom is 0.310 e. The Bertz CT molecular complexity index is 1300. The number of esters is 3. The molecule has 0 aromatic heterocycles. The van der Waals surface area contributed by atoms with Gasteiger partial charge in [0.15, 0.2) is 0 Å². The predicted octanol–water partition coefficient (Wildman–Crippen LogP) is 5.86. The number of carbonyl (C=O) groups is 4. The lowest BCUT2D eigenvalue weighted by molar-refractivity contribution is -0.258. The van der Waals surface area contributed by atoms with Gasteiger partial charge in [0.1, 0.15) is 18.8 Å². The van der Waals surface area contributed by atoms with Gasteiger partial charge >= 0.3 is 23.9 Å². The lowest BCUT2D eigenvalue weighted by Crippen LogP contribution is -2.70. The predicted molar refractivity (Wildman–Crippen MR) is 166 cm³/mol. The Labute approximate surface area is 267 Å². The molecule has 0 saturated heterocycles. The number of fused-ring (bicyclic) bond motifs is 7. The molecule has 0 radical (unpaired) electrons. The van der Waals surface area contributed by atoms with Crippen molar-refractivity contribution in [3.05, 3.63) is 11.6 Å². The molecule has 252 valence electrons. The summed E-state index contributed by atoms with van der Waals surface area (Å²) in [4.78, 5) is 50.0. The highest BCUT2D eigenvalue weighted by Gasteiger charge is 2.73. The lowest BCUT2D eigenvalue weighted by atomic mass is 9.33. The van der Waals surface area contributed by atoms with Crippen molar-refractivity contribution in [1.29, 1.82) is 0 Å². The van der Waals surface area contributed by atoms with Crippen LogP contribution in [0.15, 0.2) is 11.6 Å². The minimum Gasteiger partial charge on any atom is -0.481 e. The summed E-state index contributed by atoms with van der Waals surface area (Å²) in [5, 5.41) is 22.8. The van der Waals surface area contributed by atoms with Gasteiger partial charge < -0.3 is 24.4 Å². The van der Waals surface area contributed by atoms with Crippen molar-refractivity contribution in [3.8, 4) is 0 Å². The lowest BCUT2D eigenvalue weighted by Gasteiger charge is -2.72. The number of hydrogen-bond acceptors (Lipinski definition) is 8. The molecule has 2 N–H and O–H groups in total. The van der Waals surface area contributed by atoms with Crippen LogP contribution in [0.1, 0.15) is 114 Å². The van der Waals surface area contributed by atoms with E-state index in [1.165, 1.54) is 20.8 Å². The number of aliphatic carboxylic acids is 1. The van der Waals surface area contributed by atoms with Crippen molar-refractivity contribution in [2.24, 2.45) is 50.7 Å². The standard InChI is InChI=1S/C36H54O9/c1-20-12-15-36(30(40)41)17-16-33(7)24(28(36)35(20,9)42)10-11-27-31(5)18-25(44-22(3)38)29(45-23(4)39)32(6,19-43-21(2)37)26(31)13-14-34(27,33)8/h10,20,25-29,42H,11-19H2,1-9H3,(H,40,41). The van der Waals surface area contributed by atoms with Crippen molar-refractivity contribution in [3.63, 3.8) is 0 Å². The van der Waals surface area contributed by atoms with Crippen LogP contribution in [0, 0.1) is 50.7 Å². The zero-order chi connectivity index (χ0) is 33.5. The topological polar surface area (TPSA) is 136 Å². The SMILES string of the molecule is CC(=O)OCC1(C)C(OC(C)=O)C(OC(C)=O)CC2(C)C1CCC1(C)C2CC=C2C3C(C(=O)O)(CCC(C)C3(C)O)CCC21C. The van der Waals surface area contributed by atoms with E-state index in [4.69, 9.17) is 14.2 Å². The third kappa shape index (κ3) is 4.71. The average molecular weight is 631 g/mol. The first-order valence-corrected chi connectivity index (χ1v) is 16.8. The van der Waals surface area contributed by atoms with E-state index in [0.717, 1.165) is 18.4 Å². The summed E-state index contributed by atoms with van der Waals surface area (Å²) in [5.74, 6) is -2.57. The van der Waals surface area contributed by atoms with Crippen LogP contribution in [0.2, 0.25) is 0 Å². The number of carboxylic acids is 1. The molecule has 12 unspecified atom stereocenters. The number of ether oxygens (including phenoxy) is 3. The van der Waals surface area contributed by atoms with Crippen LogP contribution in [0.25, 0.3) is 0 Å². The van der Waals surface area contributed by atoms with Crippen LogP contribution in [-0.4, -0.2) is 58.5 Å². The van der Waals surface area contributed by atoms with E-state index < -0.39 is 63.8 Å². The molecule has 5 aliphatic carbocycles. The van der Waals surface area contributed by atoms with Gasteiger partial charge in [-0.1, -0.05) is 46.3 Å². The number of hydrogen-bond donors (Lipinski definition) is 2. The highest BCUT2D eigenvalue weighted by atomic mass is 16.6. The van der Waals surface area contributed by atoms with Gasteiger partial charge in [-0.15, -0.1) is 0 Å². The largest absolute Gasteiger partial charge is 0.481 e. The van der Waals surface area contributed by atoms with Gasteiger partial charge in [0.05, 0.1) is 11.0 Å². The zero-order valence-electron chi connectivity index (χ0n) is 28.7. The molecule has 0 amide bonds. The van der Waals surface area contributed by atoms with Crippen LogP contribution in [-0.2, 0) is 33.4 Å². The molecular formula is C36H54O9. The van der Waals surface area contributed by atoms with Gasteiger partial charge in [0, 0.05) is 32.1 Å². The van der Waals surface area contributed by atoms with E-state index in [9.17, 15) is 29.4 Å². The van der Waals surface area contributed by atoms with Crippen LogP contribution in [0.4, 0.5) is 0 Å². The third-order valence-electron chi connectivity index (χ3n) is 14.4. The van der Waals surface area contributed by atoms with Crippen molar-refractivity contribution in [2.75, 3.05) is 6.61 Å². The normalized spacial score (nSPS) is 48.7. The Kier molecular flexibility index (Phi) is 8.15. The van der Waals surface area contributed by atoms with Crippen LogP contribution in [0.3, 0.4) is 0 Å². The number of carbonyl (C=O) groups excluding carboxylic acids is 3. The number of allylic oxidation sites excluding steroid dienone is 1. The maximum atomic E-state index is 13.0. The fourth-order valence-corrected chi connectivity index (χ4v) is 11.9. The molecule has 0 aromatic rings.